The molecule has 2 atom stereocenters. The number of carbonyl (C=O) groups excluding carboxylic acids is 1. The predicted octanol–water partition coefficient (Wildman–Crippen LogP) is 1.13. The first-order chi connectivity index (χ1) is 8.15. The number of rotatable bonds is 3. The van der Waals surface area contributed by atoms with Gasteiger partial charge < -0.3 is 9.84 Å². The van der Waals surface area contributed by atoms with Crippen molar-refractivity contribution < 1.29 is 19.4 Å². The smallest absolute Gasteiger partial charge is 0.414 e. The molecule has 0 unspecified atom stereocenters. The van der Waals surface area contributed by atoms with Gasteiger partial charge in [-0.05, 0) is 12.0 Å². The first-order valence-electron chi connectivity index (χ1n) is 5.28. The van der Waals surface area contributed by atoms with Crippen molar-refractivity contribution in [1.82, 2.24) is 4.90 Å². The van der Waals surface area contributed by atoms with E-state index < -0.39 is 24.1 Å². The normalized spacial score (nSPS) is 23.4. The number of nitrogens with zero attached hydrogens (tertiary/aromatic N) is 1. The van der Waals surface area contributed by atoms with Crippen LogP contribution in [0.2, 0.25) is 0 Å². The summed E-state index contributed by atoms with van der Waals surface area (Å²) in [5, 5.41) is 8.91. The van der Waals surface area contributed by atoms with Gasteiger partial charge in [0.25, 0.3) is 5.91 Å². The molecule has 1 aromatic rings. The van der Waals surface area contributed by atoms with E-state index in [4.69, 9.17) is 9.84 Å². The maximum atomic E-state index is 11.5. The second-order valence-electron chi connectivity index (χ2n) is 3.90. The van der Waals surface area contributed by atoms with Gasteiger partial charge in [-0.15, -0.1) is 0 Å². The van der Waals surface area contributed by atoms with Crippen LogP contribution in [0.4, 0.5) is 4.79 Å². The van der Waals surface area contributed by atoms with E-state index in [1.165, 1.54) is 7.11 Å². The molecule has 1 aliphatic rings. The van der Waals surface area contributed by atoms with Crippen LogP contribution < -0.4 is 0 Å². The lowest BCUT2D eigenvalue weighted by Crippen LogP contribution is -2.67. The maximum Gasteiger partial charge on any atom is 0.414 e. The Balaban J connectivity index is 2.13. The number of hydrogen-bond donors (Lipinski definition) is 1. The van der Waals surface area contributed by atoms with Crippen molar-refractivity contribution in [1.29, 1.82) is 0 Å². The van der Waals surface area contributed by atoms with Crippen molar-refractivity contribution in [2.24, 2.45) is 0 Å². The largest absolute Gasteiger partial charge is 0.465 e. The third-order valence-corrected chi connectivity index (χ3v) is 2.91. The predicted molar refractivity (Wildman–Crippen MR) is 59.6 cm³/mol. The molecule has 17 heavy (non-hydrogen) atoms. The van der Waals surface area contributed by atoms with E-state index in [-0.39, 0.29) is 0 Å². The molecule has 0 saturated carbocycles. The summed E-state index contributed by atoms with van der Waals surface area (Å²) in [6.07, 6.45) is -1.38. The van der Waals surface area contributed by atoms with Crippen molar-refractivity contribution in [3.8, 4) is 0 Å². The van der Waals surface area contributed by atoms with Crippen LogP contribution in [0, 0.1) is 0 Å². The van der Waals surface area contributed by atoms with Gasteiger partial charge >= 0.3 is 6.09 Å². The fourth-order valence-corrected chi connectivity index (χ4v) is 2.07. The van der Waals surface area contributed by atoms with Crippen molar-refractivity contribution in [3.05, 3.63) is 35.9 Å². The second kappa shape index (κ2) is 4.55. The summed E-state index contributed by atoms with van der Waals surface area (Å²) in [4.78, 5) is 23.2. The Kier molecular flexibility index (Phi) is 3.10. The first kappa shape index (κ1) is 11.6. The molecule has 1 heterocycles. The maximum absolute atomic E-state index is 11.5. The van der Waals surface area contributed by atoms with Crippen LogP contribution >= 0.6 is 0 Å². The SMILES string of the molecule is CO[C@@H]1C(=O)N(C(=O)O)[C@H]1Cc1ccccc1. The molecule has 1 aliphatic heterocycles. The molecule has 0 bridgehead atoms. The van der Waals surface area contributed by atoms with Crippen LogP contribution in [0.3, 0.4) is 0 Å². The van der Waals surface area contributed by atoms with Gasteiger partial charge in [-0.25, -0.2) is 9.69 Å². The van der Waals surface area contributed by atoms with Crippen LogP contribution in [0.15, 0.2) is 30.3 Å². The minimum atomic E-state index is -1.22. The zero-order chi connectivity index (χ0) is 12.4. The van der Waals surface area contributed by atoms with Gasteiger partial charge in [0.05, 0.1) is 6.04 Å². The Morgan fingerprint density at radius 2 is 2.06 bits per heavy atom. The summed E-state index contributed by atoms with van der Waals surface area (Å²) in [5.74, 6) is -0.485. The van der Waals surface area contributed by atoms with Crippen LogP contribution in [0.5, 0.6) is 0 Å². The van der Waals surface area contributed by atoms with E-state index in [1.54, 1.807) is 0 Å². The van der Waals surface area contributed by atoms with Gasteiger partial charge in [-0.1, -0.05) is 30.3 Å². The van der Waals surface area contributed by atoms with Crippen LogP contribution in [0.25, 0.3) is 0 Å². The number of carboxylic acid groups (broad SMARTS) is 1. The third kappa shape index (κ3) is 2.01. The molecule has 1 saturated heterocycles. The van der Waals surface area contributed by atoms with E-state index in [9.17, 15) is 9.59 Å². The Morgan fingerprint density at radius 3 is 2.59 bits per heavy atom. The zero-order valence-corrected chi connectivity index (χ0v) is 9.37. The Morgan fingerprint density at radius 1 is 1.41 bits per heavy atom. The highest BCUT2D eigenvalue weighted by Gasteiger charge is 2.51. The molecule has 90 valence electrons. The quantitative estimate of drug-likeness (QED) is 0.797. The topological polar surface area (TPSA) is 66.8 Å². The van der Waals surface area contributed by atoms with Crippen molar-refractivity contribution in [2.45, 2.75) is 18.6 Å². The van der Waals surface area contributed by atoms with Crippen molar-refractivity contribution >= 4 is 12.0 Å². The van der Waals surface area contributed by atoms with Gasteiger partial charge in [-0.3, -0.25) is 4.79 Å². The average molecular weight is 235 g/mol. The highest BCUT2D eigenvalue weighted by atomic mass is 16.5. The van der Waals surface area contributed by atoms with Gasteiger partial charge in [0.15, 0.2) is 6.10 Å². The Hall–Kier alpha value is -1.88. The molecule has 1 fully saturated rings. The van der Waals surface area contributed by atoms with E-state index in [1.807, 2.05) is 30.3 Å². The van der Waals surface area contributed by atoms with E-state index in [2.05, 4.69) is 0 Å². The summed E-state index contributed by atoms with van der Waals surface area (Å²) in [6, 6.07) is 9.02. The van der Waals surface area contributed by atoms with Crippen LogP contribution in [-0.4, -0.2) is 41.3 Å². The minimum Gasteiger partial charge on any atom is -0.465 e. The standard InChI is InChI=1S/C12H13NO4/c1-17-10-9(13(11(10)14)12(15)16)7-8-5-3-2-4-6-8/h2-6,9-10H,7H2,1H3,(H,15,16)/t9-,10-/m0/s1. The number of carbonyl (C=O) groups is 2. The number of benzene rings is 1. The molecule has 5 nitrogen and oxygen atoms in total. The first-order valence-corrected chi connectivity index (χ1v) is 5.28. The summed E-state index contributed by atoms with van der Waals surface area (Å²) >= 11 is 0. The van der Waals surface area contributed by atoms with Crippen LogP contribution in [-0.2, 0) is 16.0 Å². The summed E-state index contributed by atoms with van der Waals surface area (Å²) in [6.45, 7) is 0. The molecule has 0 spiro atoms. The van der Waals surface area contributed by atoms with Crippen molar-refractivity contribution in [2.75, 3.05) is 7.11 Å². The molecule has 2 rings (SSSR count). The average Bonchev–Trinajstić information content (AvgIpc) is 2.30. The third-order valence-electron chi connectivity index (χ3n) is 2.91. The fraction of sp³-hybridized carbons (Fsp3) is 0.333. The fourth-order valence-electron chi connectivity index (χ4n) is 2.07. The molecule has 1 N–H and O–H groups in total. The number of ether oxygens (including phenoxy) is 1. The van der Waals surface area contributed by atoms with Gasteiger partial charge in [-0.2, -0.15) is 0 Å². The molecule has 0 radical (unpaired) electrons. The monoisotopic (exact) mass is 235 g/mol. The minimum absolute atomic E-state index is 0.424. The number of amides is 2. The van der Waals surface area contributed by atoms with Gasteiger partial charge in [0, 0.05) is 7.11 Å². The highest BCUT2D eigenvalue weighted by molar-refractivity contribution is 6.00. The number of β-lactam (4-membered cyclic amide) rings is 1. The molecule has 2 amide bonds. The lowest BCUT2D eigenvalue weighted by Gasteiger charge is -2.42. The molecular formula is C12H13NO4. The number of hydrogen-bond acceptors (Lipinski definition) is 3. The summed E-state index contributed by atoms with van der Waals surface area (Å²) in [7, 11) is 1.42. The van der Waals surface area contributed by atoms with E-state index in [0.717, 1.165) is 10.5 Å². The van der Waals surface area contributed by atoms with Crippen LogP contribution in [0.1, 0.15) is 5.56 Å². The lowest BCUT2D eigenvalue weighted by molar-refractivity contribution is -0.164. The van der Waals surface area contributed by atoms with Gasteiger partial charge in [0.2, 0.25) is 0 Å². The number of methoxy groups -OCH3 is 1. The molecule has 0 aromatic heterocycles. The van der Waals surface area contributed by atoms with Crippen molar-refractivity contribution in [3.63, 3.8) is 0 Å². The molecular weight excluding hydrogens is 222 g/mol. The van der Waals surface area contributed by atoms with E-state index >= 15 is 0 Å². The Bertz CT molecular complexity index is 431. The lowest BCUT2D eigenvalue weighted by atomic mass is 9.92. The molecule has 0 aliphatic carbocycles. The van der Waals surface area contributed by atoms with E-state index in [0.29, 0.717) is 6.42 Å². The molecule has 5 heteroatoms. The highest BCUT2D eigenvalue weighted by Crippen LogP contribution is 2.26. The Labute approximate surface area is 98.6 Å². The summed E-state index contributed by atoms with van der Waals surface area (Å²) in [5.41, 5.74) is 0.985. The summed E-state index contributed by atoms with van der Waals surface area (Å²) < 4.78 is 5.01. The second-order valence-corrected chi connectivity index (χ2v) is 3.90. The van der Waals surface area contributed by atoms with Gasteiger partial charge in [0.1, 0.15) is 0 Å². The molecule has 1 aromatic carbocycles. The number of imide groups is 1. The zero-order valence-electron chi connectivity index (χ0n) is 9.37. The number of likely N-dealkylation sites (tertiary alicyclic amines) is 1.